The maximum absolute atomic E-state index is 13.6. The van der Waals surface area contributed by atoms with Gasteiger partial charge in [0.2, 0.25) is 10.0 Å². The highest BCUT2D eigenvalue weighted by Gasteiger charge is 2.38. The lowest BCUT2D eigenvalue weighted by Crippen LogP contribution is -2.51. The van der Waals surface area contributed by atoms with Crippen LogP contribution < -0.4 is 10.1 Å². The van der Waals surface area contributed by atoms with Crippen LogP contribution in [0.25, 0.3) is 0 Å². The van der Waals surface area contributed by atoms with Gasteiger partial charge in [-0.05, 0) is 57.0 Å². The molecule has 0 unspecified atom stereocenters. The van der Waals surface area contributed by atoms with Crippen molar-refractivity contribution >= 4 is 16.1 Å². The van der Waals surface area contributed by atoms with E-state index in [-0.39, 0.29) is 48.3 Å². The first-order valence-electron chi connectivity index (χ1n) is 11.9. The van der Waals surface area contributed by atoms with Crippen LogP contribution >= 0.6 is 0 Å². The van der Waals surface area contributed by atoms with Crippen molar-refractivity contribution < 1.29 is 23.1 Å². The monoisotopic (exact) mass is 514 g/mol. The molecule has 36 heavy (non-hydrogen) atoms. The van der Waals surface area contributed by atoms with Crippen molar-refractivity contribution in [3.8, 4) is 17.6 Å². The largest absolute Gasteiger partial charge is 0.487 e. The number of sulfonamides is 1. The summed E-state index contributed by atoms with van der Waals surface area (Å²) >= 11 is 0. The Kier molecular flexibility index (Phi) is 8.95. The number of carbonyl (C=O) groups excluding carboxylic acids is 1. The molecule has 2 amide bonds. The van der Waals surface area contributed by atoms with Crippen LogP contribution in [0.3, 0.4) is 0 Å². The van der Waals surface area contributed by atoms with Crippen LogP contribution in [0.2, 0.25) is 0 Å². The lowest BCUT2D eigenvalue weighted by molar-refractivity contribution is 0.0809. The van der Waals surface area contributed by atoms with E-state index >= 15 is 0 Å². The Hall–Kier alpha value is -3.13. The summed E-state index contributed by atoms with van der Waals surface area (Å²) < 4.78 is 34.8. The molecule has 0 saturated heterocycles. The maximum atomic E-state index is 13.6. The first-order valence-corrected chi connectivity index (χ1v) is 13.3. The second kappa shape index (κ2) is 11.7. The number of urea groups is 1. The van der Waals surface area contributed by atoms with E-state index in [0.717, 1.165) is 0 Å². The first-order chi connectivity index (χ1) is 17.0. The molecular formula is C26H34N4O5S. The average Bonchev–Trinajstić information content (AvgIpc) is 2.84. The molecule has 0 aliphatic carbocycles. The van der Waals surface area contributed by atoms with Gasteiger partial charge in [0.05, 0.1) is 13.2 Å². The molecule has 0 fully saturated rings. The van der Waals surface area contributed by atoms with Crippen molar-refractivity contribution in [2.24, 2.45) is 5.92 Å². The van der Waals surface area contributed by atoms with Crippen LogP contribution in [-0.2, 0) is 10.0 Å². The quantitative estimate of drug-likeness (QED) is 0.593. The van der Waals surface area contributed by atoms with Gasteiger partial charge in [-0.1, -0.05) is 18.9 Å². The van der Waals surface area contributed by atoms with Crippen LogP contribution in [-0.4, -0.2) is 78.7 Å². The van der Waals surface area contributed by atoms with Crippen LogP contribution in [0.1, 0.15) is 39.0 Å². The van der Waals surface area contributed by atoms with Gasteiger partial charge in [-0.25, -0.2) is 18.2 Å². The van der Waals surface area contributed by atoms with Gasteiger partial charge in [0.25, 0.3) is 0 Å². The minimum absolute atomic E-state index is 0.00243. The number of amides is 2. The molecule has 2 aromatic rings. The summed E-state index contributed by atoms with van der Waals surface area (Å²) in [4.78, 5) is 18.2. The van der Waals surface area contributed by atoms with Crippen molar-refractivity contribution in [3.63, 3.8) is 0 Å². The number of ether oxygens (including phenoxy) is 1. The highest BCUT2D eigenvalue weighted by Crippen LogP contribution is 2.34. The maximum Gasteiger partial charge on any atom is 0.317 e. The molecule has 0 bridgehead atoms. The Morgan fingerprint density at radius 3 is 2.67 bits per heavy atom. The summed E-state index contributed by atoms with van der Waals surface area (Å²) in [7, 11) is -2.29. The second-order valence-electron chi connectivity index (χ2n) is 9.35. The van der Waals surface area contributed by atoms with Gasteiger partial charge < -0.3 is 20.1 Å². The van der Waals surface area contributed by atoms with E-state index in [1.54, 1.807) is 44.4 Å². The second-order valence-corrected chi connectivity index (χ2v) is 11.2. The molecule has 1 aromatic heterocycles. The number of likely N-dealkylation sites (N-methyl/N-ethyl adjacent to an activating group) is 1. The number of aliphatic hydroxyl groups is 1. The topological polar surface area (TPSA) is 112 Å². The van der Waals surface area contributed by atoms with Gasteiger partial charge in [-0.3, -0.25) is 0 Å². The molecule has 9 nitrogen and oxygen atoms in total. The molecule has 1 aromatic carbocycles. The van der Waals surface area contributed by atoms with Crippen molar-refractivity contribution in [2.45, 2.75) is 50.8 Å². The molecule has 0 radical (unpaired) electrons. The molecule has 1 aliphatic rings. The van der Waals surface area contributed by atoms with E-state index in [1.165, 1.54) is 15.3 Å². The zero-order chi connectivity index (χ0) is 26.5. The Morgan fingerprint density at radius 1 is 1.28 bits per heavy atom. The standard InChI is InChI=1S/C26H34N4O5S/c1-18(2)28-26(32)29(5)16-24-19(3)15-30(20(4)17-31)36(33,34)25-12-10-21(14-23(25)35-24)9-11-22-8-6-7-13-27-22/h6-8,10,12-14,18-20,24,31H,15-17H2,1-5H3,(H,28,32)/t19-,20+,24+/m1/s1. The highest BCUT2D eigenvalue weighted by atomic mass is 32.2. The van der Waals surface area contributed by atoms with Crippen LogP contribution in [0.15, 0.2) is 47.5 Å². The van der Waals surface area contributed by atoms with E-state index in [0.29, 0.717) is 11.3 Å². The molecule has 10 heteroatoms. The molecular weight excluding hydrogens is 480 g/mol. The Labute approximate surface area is 213 Å². The van der Waals surface area contributed by atoms with Gasteiger partial charge in [0.1, 0.15) is 22.4 Å². The number of hydrogen-bond donors (Lipinski definition) is 2. The molecule has 3 atom stereocenters. The Morgan fingerprint density at radius 2 is 2.03 bits per heavy atom. The van der Waals surface area contributed by atoms with E-state index in [1.807, 2.05) is 26.8 Å². The summed E-state index contributed by atoms with van der Waals surface area (Å²) in [6.45, 7) is 7.35. The van der Waals surface area contributed by atoms with E-state index in [9.17, 15) is 18.3 Å². The van der Waals surface area contributed by atoms with E-state index < -0.39 is 22.2 Å². The Bertz CT molecular complexity index is 1220. The van der Waals surface area contributed by atoms with Gasteiger partial charge in [0, 0.05) is 43.4 Å². The normalized spacial score (nSPS) is 20.1. The van der Waals surface area contributed by atoms with Crippen LogP contribution in [0.4, 0.5) is 4.79 Å². The number of aromatic nitrogens is 1. The minimum atomic E-state index is -3.96. The molecule has 0 spiro atoms. The number of carbonyl (C=O) groups is 1. The predicted molar refractivity (Wildman–Crippen MR) is 137 cm³/mol. The predicted octanol–water partition coefficient (Wildman–Crippen LogP) is 2.30. The van der Waals surface area contributed by atoms with Gasteiger partial charge in [0.15, 0.2) is 0 Å². The van der Waals surface area contributed by atoms with Crippen molar-refractivity contribution in [3.05, 3.63) is 53.9 Å². The molecule has 2 N–H and O–H groups in total. The lowest BCUT2D eigenvalue weighted by atomic mass is 10.0. The zero-order valence-corrected chi connectivity index (χ0v) is 22.1. The molecule has 2 heterocycles. The fourth-order valence-electron chi connectivity index (χ4n) is 3.80. The number of rotatable bonds is 5. The number of aliphatic hydroxyl groups excluding tert-OH is 1. The third-order valence-electron chi connectivity index (χ3n) is 5.88. The number of benzene rings is 1. The Balaban J connectivity index is 2.03. The van der Waals surface area contributed by atoms with Crippen molar-refractivity contribution in [1.29, 1.82) is 0 Å². The number of nitrogens with zero attached hydrogens (tertiary/aromatic N) is 3. The molecule has 194 valence electrons. The summed E-state index contributed by atoms with van der Waals surface area (Å²) in [5.41, 5.74) is 1.15. The summed E-state index contributed by atoms with van der Waals surface area (Å²) in [6, 6.07) is 9.22. The third kappa shape index (κ3) is 6.55. The van der Waals surface area contributed by atoms with E-state index in [4.69, 9.17) is 4.74 Å². The number of nitrogens with one attached hydrogen (secondary N) is 1. The van der Waals surface area contributed by atoms with Crippen molar-refractivity contribution in [2.75, 3.05) is 26.7 Å². The fraction of sp³-hybridized carbons (Fsp3) is 0.462. The lowest BCUT2D eigenvalue weighted by Gasteiger charge is -2.37. The zero-order valence-electron chi connectivity index (χ0n) is 21.3. The smallest absolute Gasteiger partial charge is 0.317 e. The summed E-state index contributed by atoms with van der Waals surface area (Å²) in [5, 5.41) is 12.6. The van der Waals surface area contributed by atoms with Gasteiger partial charge in [-0.15, -0.1) is 0 Å². The SMILES string of the molecule is CC(C)NC(=O)N(C)C[C@@H]1Oc2cc(C#Cc3ccccn3)ccc2S(=O)(=O)N([C@@H](C)CO)C[C@H]1C. The number of hydrogen-bond acceptors (Lipinski definition) is 6. The average molecular weight is 515 g/mol. The van der Waals surface area contributed by atoms with Gasteiger partial charge >= 0.3 is 6.03 Å². The highest BCUT2D eigenvalue weighted by molar-refractivity contribution is 7.89. The third-order valence-corrected chi connectivity index (χ3v) is 7.90. The minimum Gasteiger partial charge on any atom is -0.487 e. The molecule has 0 saturated carbocycles. The van der Waals surface area contributed by atoms with Gasteiger partial charge in [-0.2, -0.15) is 4.31 Å². The van der Waals surface area contributed by atoms with E-state index in [2.05, 4.69) is 22.1 Å². The van der Waals surface area contributed by atoms with Crippen molar-refractivity contribution in [1.82, 2.24) is 19.5 Å². The summed E-state index contributed by atoms with van der Waals surface area (Å²) in [5.74, 6) is 5.86. The summed E-state index contributed by atoms with van der Waals surface area (Å²) in [6.07, 6.45) is 1.14. The fourth-order valence-corrected chi connectivity index (χ4v) is 5.63. The first kappa shape index (κ1) is 27.5. The number of pyridine rings is 1. The van der Waals surface area contributed by atoms with Crippen LogP contribution in [0, 0.1) is 17.8 Å². The van der Waals surface area contributed by atoms with Crippen LogP contribution in [0.5, 0.6) is 5.75 Å². The molecule has 1 aliphatic heterocycles. The number of fused-ring (bicyclic) bond motifs is 1. The molecule has 3 rings (SSSR count).